The molecule has 1 heterocycles. The zero-order chi connectivity index (χ0) is 17.6. The van der Waals surface area contributed by atoms with Crippen LogP contribution in [0.1, 0.15) is 11.1 Å². The highest BCUT2D eigenvalue weighted by molar-refractivity contribution is 5.99. The van der Waals surface area contributed by atoms with Crippen molar-refractivity contribution in [2.24, 2.45) is 12.1 Å². The van der Waals surface area contributed by atoms with Crippen molar-refractivity contribution in [3.05, 3.63) is 65.9 Å². The number of nitriles is 1. The Morgan fingerprint density at radius 3 is 2.88 bits per heavy atom. The topological polar surface area (TPSA) is 79.4 Å². The first-order valence-electron chi connectivity index (χ1n) is 7.67. The van der Waals surface area contributed by atoms with Gasteiger partial charge >= 0.3 is 0 Å². The van der Waals surface area contributed by atoms with Crippen LogP contribution in [0.25, 0.3) is 10.9 Å². The highest BCUT2D eigenvalue weighted by atomic mass is 16.5. The minimum absolute atomic E-state index is 0.217. The van der Waals surface area contributed by atoms with Gasteiger partial charge in [0.1, 0.15) is 11.8 Å². The number of carbonyl (C=O) groups excluding carboxylic acids is 1. The summed E-state index contributed by atoms with van der Waals surface area (Å²) in [6, 6.07) is 16.7. The Morgan fingerprint density at radius 1 is 1.28 bits per heavy atom. The van der Waals surface area contributed by atoms with Crippen LogP contribution in [0.3, 0.4) is 0 Å². The van der Waals surface area contributed by atoms with E-state index in [9.17, 15) is 4.79 Å². The van der Waals surface area contributed by atoms with Crippen LogP contribution in [0.4, 0.5) is 0 Å². The van der Waals surface area contributed by atoms with Crippen molar-refractivity contribution in [3.8, 4) is 11.8 Å². The molecule has 0 bridgehead atoms. The highest BCUT2D eigenvalue weighted by Crippen LogP contribution is 2.18. The van der Waals surface area contributed by atoms with Gasteiger partial charge in [-0.3, -0.25) is 4.79 Å². The lowest BCUT2D eigenvalue weighted by Crippen LogP contribution is -2.24. The number of ether oxygens (including phenoxy) is 1. The largest absolute Gasteiger partial charge is 0.482 e. The molecule has 1 amide bonds. The summed E-state index contributed by atoms with van der Waals surface area (Å²) in [6.07, 6.45) is 3.55. The second-order valence-corrected chi connectivity index (χ2v) is 5.40. The molecule has 0 aliphatic carbocycles. The van der Waals surface area contributed by atoms with Gasteiger partial charge in [-0.15, -0.1) is 0 Å². The molecule has 0 atom stereocenters. The van der Waals surface area contributed by atoms with Crippen molar-refractivity contribution >= 4 is 23.0 Å². The minimum atomic E-state index is -0.399. The van der Waals surface area contributed by atoms with Gasteiger partial charge in [0.25, 0.3) is 5.91 Å². The molecular weight excluding hydrogens is 316 g/mol. The number of hydrogen-bond donors (Lipinski definition) is 1. The molecule has 0 aliphatic heterocycles. The molecule has 124 valence electrons. The summed E-state index contributed by atoms with van der Waals surface area (Å²) in [6.45, 7) is -0.217. The molecule has 2 aromatic carbocycles. The maximum absolute atomic E-state index is 11.8. The first-order chi connectivity index (χ1) is 12.2. The van der Waals surface area contributed by atoms with Crippen molar-refractivity contribution in [3.63, 3.8) is 0 Å². The number of rotatable bonds is 5. The van der Waals surface area contributed by atoms with Crippen LogP contribution in [0.2, 0.25) is 0 Å². The van der Waals surface area contributed by atoms with Gasteiger partial charge in [-0.25, -0.2) is 5.43 Å². The van der Waals surface area contributed by atoms with Gasteiger partial charge in [0.05, 0.1) is 11.8 Å². The van der Waals surface area contributed by atoms with Gasteiger partial charge in [0.2, 0.25) is 0 Å². The summed E-state index contributed by atoms with van der Waals surface area (Å²) < 4.78 is 7.35. The molecule has 3 rings (SSSR count). The summed E-state index contributed by atoms with van der Waals surface area (Å²) in [7, 11) is 1.96. The van der Waals surface area contributed by atoms with Crippen LogP contribution in [0.15, 0.2) is 59.8 Å². The quantitative estimate of drug-likeness (QED) is 0.576. The molecule has 0 spiro atoms. The minimum Gasteiger partial charge on any atom is -0.482 e. The number of nitrogens with one attached hydrogen (secondary N) is 1. The number of hydrogen-bond acceptors (Lipinski definition) is 4. The van der Waals surface area contributed by atoms with Gasteiger partial charge < -0.3 is 9.30 Å². The maximum Gasteiger partial charge on any atom is 0.277 e. The number of para-hydroxylation sites is 2. The van der Waals surface area contributed by atoms with Gasteiger partial charge in [-0.1, -0.05) is 30.3 Å². The maximum atomic E-state index is 11.8. The molecule has 0 saturated heterocycles. The van der Waals surface area contributed by atoms with Crippen molar-refractivity contribution in [1.82, 2.24) is 9.99 Å². The zero-order valence-electron chi connectivity index (χ0n) is 13.6. The first kappa shape index (κ1) is 16.3. The second-order valence-electron chi connectivity index (χ2n) is 5.40. The van der Waals surface area contributed by atoms with Crippen molar-refractivity contribution in [2.75, 3.05) is 6.61 Å². The van der Waals surface area contributed by atoms with E-state index in [-0.39, 0.29) is 6.61 Å². The van der Waals surface area contributed by atoms with Crippen LogP contribution in [-0.4, -0.2) is 23.3 Å². The summed E-state index contributed by atoms with van der Waals surface area (Å²) in [4.78, 5) is 11.8. The van der Waals surface area contributed by atoms with E-state index in [1.807, 2.05) is 48.1 Å². The van der Waals surface area contributed by atoms with Gasteiger partial charge in [0.15, 0.2) is 6.61 Å². The standard InChI is InChI=1S/C19H16N4O2/c1-23-12-15(16-7-3-4-8-17(16)23)11-21-22-19(24)13-25-18-9-5-2-6-14(18)10-20/h2-9,11-12H,13H2,1H3,(H,22,24)/b21-11-. The molecular formula is C19H16N4O2. The first-order valence-corrected chi connectivity index (χ1v) is 7.67. The summed E-state index contributed by atoms with van der Waals surface area (Å²) >= 11 is 0. The number of aromatic nitrogens is 1. The Morgan fingerprint density at radius 2 is 2.04 bits per heavy atom. The molecule has 0 aliphatic rings. The lowest BCUT2D eigenvalue weighted by molar-refractivity contribution is -0.123. The van der Waals surface area contributed by atoms with Crippen LogP contribution in [0.5, 0.6) is 5.75 Å². The normalized spacial score (nSPS) is 10.7. The number of aryl methyl sites for hydroxylation is 1. The number of carbonyl (C=O) groups is 1. The number of hydrazone groups is 1. The molecule has 1 aromatic heterocycles. The molecule has 6 heteroatoms. The van der Waals surface area contributed by atoms with Crippen LogP contribution in [-0.2, 0) is 11.8 Å². The second kappa shape index (κ2) is 7.32. The SMILES string of the molecule is Cn1cc(/C=N\NC(=O)COc2ccccc2C#N)c2ccccc21. The van der Waals surface area contributed by atoms with E-state index < -0.39 is 5.91 Å². The zero-order valence-corrected chi connectivity index (χ0v) is 13.6. The summed E-state index contributed by atoms with van der Waals surface area (Å²) in [5, 5.41) is 14.0. The Labute approximate surface area is 144 Å². The molecule has 0 saturated carbocycles. The van der Waals surface area contributed by atoms with E-state index in [2.05, 4.69) is 10.5 Å². The van der Waals surface area contributed by atoms with Gasteiger partial charge in [-0.05, 0) is 18.2 Å². The highest BCUT2D eigenvalue weighted by Gasteiger charge is 2.06. The van der Waals surface area contributed by atoms with Crippen molar-refractivity contribution in [2.45, 2.75) is 0 Å². The number of nitrogens with zero attached hydrogens (tertiary/aromatic N) is 3. The molecule has 0 unspecified atom stereocenters. The lowest BCUT2D eigenvalue weighted by atomic mass is 10.2. The number of fused-ring (bicyclic) bond motifs is 1. The van der Waals surface area contributed by atoms with Gasteiger partial charge in [-0.2, -0.15) is 10.4 Å². The third-order valence-electron chi connectivity index (χ3n) is 3.69. The van der Waals surface area contributed by atoms with E-state index in [1.165, 1.54) is 0 Å². The third kappa shape index (κ3) is 3.67. The molecule has 0 radical (unpaired) electrons. The van der Waals surface area contributed by atoms with E-state index in [0.29, 0.717) is 11.3 Å². The molecule has 1 N–H and O–H groups in total. The Hall–Kier alpha value is -3.59. The number of amides is 1. The van der Waals surface area contributed by atoms with Crippen LogP contribution >= 0.6 is 0 Å². The van der Waals surface area contributed by atoms with E-state index in [1.54, 1.807) is 30.5 Å². The smallest absolute Gasteiger partial charge is 0.277 e. The average Bonchev–Trinajstić information content (AvgIpc) is 2.96. The number of benzene rings is 2. The predicted octanol–water partition coefficient (Wildman–Crippen LogP) is 2.58. The van der Waals surface area contributed by atoms with E-state index >= 15 is 0 Å². The average molecular weight is 332 g/mol. The Bertz CT molecular complexity index is 982. The summed E-state index contributed by atoms with van der Waals surface area (Å²) in [5.74, 6) is -0.0255. The Balaban J connectivity index is 1.60. The fraction of sp³-hybridized carbons (Fsp3) is 0.105. The monoisotopic (exact) mass is 332 g/mol. The van der Waals surface area contributed by atoms with E-state index in [4.69, 9.17) is 10.00 Å². The van der Waals surface area contributed by atoms with Crippen molar-refractivity contribution < 1.29 is 9.53 Å². The van der Waals surface area contributed by atoms with Crippen LogP contribution < -0.4 is 10.2 Å². The predicted molar refractivity (Wildman–Crippen MR) is 95.3 cm³/mol. The third-order valence-corrected chi connectivity index (χ3v) is 3.69. The van der Waals surface area contributed by atoms with Crippen molar-refractivity contribution in [1.29, 1.82) is 5.26 Å². The fourth-order valence-electron chi connectivity index (χ4n) is 2.51. The van der Waals surface area contributed by atoms with Crippen LogP contribution in [0, 0.1) is 11.3 Å². The van der Waals surface area contributed by atoms with E-state index in [0.717, 1.165) is 16.5 Å². The fourth-order valence-corrected chi connectivity index (χ4v) is 2.51. The molecule has 6 nitrogen and oxygen atoms in total. The molecule has 25 heavy (non-hydrogen) atoms. The van der Waals surface area contributed by atoms with Gasteiger partial charge in [0, 0.05) is 29.7 Å². The summed E-state index contributed by atoms with van der Waals surface area (Å²) in [5.41, 5.74) is 4.81. The molecule has 3 aromatic rings. The Kier molecular flexibility index (Phi) is 4.77. The lowest BCUT2D eigenvalue weighted by Gasteiger charge is -2.06. The molecule has 0 fully saturated rings.